The summed E-state index contributed by atoms with van der Waals surface area (Å²) < 4.78 is 1.27. The first-order chi connectivity index (χ1) is 8.25. The van der Waals surface area contributed by atoms with Gasteiger partial charge >= 0.3 is 0 Å². The Morgan fingerprint density at radius 3 is 2.65 bits per heavy atom. The smallest absolute Gasteiger partial charge is 0.0505 e. The maximum Gasteiger partial charge on any atom is 0.0505 e. The largest absolute Gasteiger partial charge is 0.399 e. The van der Waals surface area contributed by atoms with Gasteiger partial charge in [0.1, 0.15) is 0 Å². The number of fused-ring (bicyclic) bond motifs is 1. The van der Waals surface area contributed by atoms with Gasteiger partial charge in [-0.25, -0.2) is 0 Å². The molecule has 0 saturated carbocycles. The number of nitrogen functional groups attached to an aromatic ring is 1. The number of hydrogen-bond acceptors (Lipinski definition) is 2. The van der Waals surface area contributed by atoms with Crippen LogP contribution in [0.4, 0.5) is 5.69 Å². The first kappa shape index (κ1) is 10.6. The molecule has 0 radical (unpaired) electrons. The molecule has 1 aromatic heterocycles. The Morgan fingerprint density at radius 1 is 1.00 bits per heavy atom. The molecule has 0 aliphatic carbocycles. The van der Waals surface area contributed by atoms with E-state index >= 15 is 0 Å². The van der Waals surface area contributed by atoms with Crippen molar-refractivity contribution in [3.63, 3.8) is 0 Å². The van der Waals surface area contributed by atoms with Crippen molar-refractivity contribution in [2.45, 2.75) is 0 Å². The van der Waals surface area contributed by atoms with Gasteiger partial charge in [-0.3, -0.25) is 0 Å². The molecule has 0 atom stereocenters. The van der Waals surface area contributed by atoms with Gasteiger partial charge in [0.25, 0.3) is 0 Å². The van der Waals surface area contributed by atoms with Crippen molar-refractivity contribution in [3.05, 3.63) is 52.9 Å². The quantitative estimate of drug-likeness (QED) is 0.624. The molecule has 3 rings (SSSR count). The topological polar surface area (TPSA) is 26.0 Å². The van der Waals surface area contributed by atoms with Crippen molar-refractivity contribution >= 4 is 38.7 Å². The van der Waals surface area contributed by atoms with E-state index in [0.717, 1.165) is 5.56 Å². The molecule has 3 heteroatoms. The van der Waals surface area contributed by atoms with Crippen LogP contribution in [0, 0.1) is 0 Å². The van der Waals surface area contributed by atoms with Crippen LogP contribution in [0.2, 0.25) is 5.02 Å². The monoisotopic (exact) mass is 259 g/mol. The van der Waals surface area contributed by atoms with Gasteiger partial charge in [-0.05, 0) is 23.6 Å². The third-order valence-electron chi connectivity index (χ3n) is 2.76. The first-order valence-electron chi connectivity index (χ1n) is 5.27. The molecule has 0 saturated heterocycles. The lowest BCUT2D eigenvalue weighted by Crippen LogP contribution is -1.85. The highest BCUT2D eigenvalue weighted by Gasteiger charge is 2.09. The first-order valence-corrected chi connectivity index (χ1v) is 6.53. The summed E-state index contributed by atoms with van der Waals surface area (Å²) >= 11 is 7.98. The predicted octanol–water partition coefficient (Wildman–Crippen LogP) is 4.80. The highest BCUT2D eigenvalue weighted by molar-refractivity contribution is 7.17. The van der Waals surface area contributed by atoms with Crippen molar-refractivity contribution in [1.82, 2.24) is 0 Å². The highest BCUT2D eigenvalue weighted by Crippen LogP contribution is 2.37. The van der Waals surface area contributed by atoms with Gasteiger partial charge in [-0.1, -0.05) is 35.9 Å². The molecule has 0 fully saturated rings. The second kappa shape index (κ2) is 4.06. The summed E-state index contributed by atoms with van der Waals surface area (Å²) in [5, 5.41) is 4.08. The summed E-state index contributed by atoms with van der Waals surface area (Å²) in [5.41, 5.74) is 8.62. The molecule has 84 valence electrons. The highest BCUT2D eigenvalue weighted by atomic mass is 35.5. The van der Waals surface area contributed by atoms with Crippen LogP contribution in [-0.4, -0.2) is 0 Å². The molecule has 0 bridgehead atoms. The number of thiophene rings is 1. The van der Waals surface area contributed by atoms with Crippen LogP contribution < -0.4 is 5.73 Å². The van der Waals surface area contributed by atoms with E-state index in [0.29, 0.717) is 10.7 Å². The molecule has 2 N–H and O–H groups in total. The van der Waals surface area contributed by atoms with Crippen LogP contribution in [0.25, 0.3) is 21.2 Å². The summed E-state index contributed by atoms with van der Waals surface area (Å²) in [6, 6.07) is 14.0. The van der Waals surface area contributed by atoms with E-state index in [2.05, 4.69) is 17.5 Å². The fourth-order valence-electron chi connectivity index (χ4n) is 1.94. The summed E-state index contributed by atoms with van der Waals surface area (Å²) in [6.07, 6.45) is 0. The average molecular weight is 260 g/mol. The lowest BCUT2D eigenvalue weighted by atomic mass is 10.0. The van der Waals surface area contributed by atoms with Crippen molar-refractivity contribution in [1.29, 1.82) is 0 Å². The van der Waals surface area contributed by atoms with E-state index in [4.69, 9.17) is 17.3 Å². The number of anilines is 1. The van der Waals surface area contributed by atoms with E-state index in [-0.39, 0.29) is 0 Å². The van der Waals surface area contributed by atoms with Crippen molar-refractivity contribution in [3.8, 4) is 11.1 Å². The second-order valence-corrected chi connectivity index (χ2v) is 5.20. The van der Waals surface area contributed by atoms with Gasteiger partial charge in [0.2, 0.25) is 0 Å². The zero-order chi connectivity index (χ0) is 11.8. The minimum Gasteiger partial charge on any atom is -0.399 e. The maximum absolute atomic E-state index is 6.25. The Bertz CT molecular complexity index is 688. The molecule has 1 nitrogen and oxygen atoms in total. The molecule has 2 aromatic carbocycles. The summed E-state index contributed by atoms with van der Waals surface area (Å²) in [4.78, 5) is 0. The molecule has 0 amide bonds. The van der Waals surface area contributed by atoms with Crippen LogP contribution in [0.15, 0.2) is 47.8 Å². The normalized spacial score (nSPS) is 10.9. The molecular formula is C14H10ClNS. The van der Waals surface area contributed by atoms with E-state index in [1.54, 1.807) is 17.4 Å². The van der Waals surface area contributed by atoms with Crippen LogP contribution in [0.5, 0.6) is 0 Å². The summed E-state index contributed by atoms with van der Waals surface area (Å²) in [7, 11) is 0. The molecule has 0 spiro atoms. The Hall–Kier alpha value is -1.51. The van der Waals surface area contributed by atoms with Crippen LogP contribution >= 0.6 is 22.9 Å². The van der Waals surface area contributed by atoms with Gasteiger partial charge in [0.05, 0.1) is 5.02 Å². The number of hydrogen-bond donors (Lipinski definition) is 1. The molecular weight excluding hydrogens is 250 g/mol. The lowest BCUT2D eigenvalue weighted by Gasteiger charge is -2.04. The minimum absolute atomic E-state index is 0.693. The molecule has 0 aliphatic heterocycles. The average Bonchev–Trinajstić information content (AvgIpc) is 2.73. The van der Waals surface area contributed by atoms with E-state index < -0.39 is 0 Å². The molecule has 3 aromatic rings. The third-order valence-corrected chi connectivity index (χ3v) is 4.04. The van der Waals surface area contributed by atoms with Crippen molar-refractivity contribution < 1.29 is 0 Å². The van der Waals surface area contributed by atoms with Gasteiger partial charge in [-0.2, -0.15) is 0 Å². The number of rotatable bonds is 1. The molecule has 17 heavy (non-hydrogen) atoms. The van der Waals surface area contributed by atoms with Crippen molar-refractivity contribution in [2.75, 3.05) is 5.73 Å². The minimum atomic E-state index is 0.693. The molecule has 0 aliphatic rings. The molecule has 1 heterocycles. The summed E-state index contributed by atoms with van der Waals surface area (Å²) in [6.45, 7) is 0. The standard InChI is InChI=1S/C14H10ClNS/c15-13-7-9(16)5-6-10(13)12-8-17-14-4-2-1-3-11(12)14/h1-8H,16H2. The van der Waals surface area contributed by atoms with Gasteiger partial charge in [0.15, 0.2) is 0 Å². The zero-order valence-corrected chi connectivity index (χ0v) is 10.6. The summed E-state index contributed by atoms with van der Waals surface area (Å²) in [5.74, 6) is 0. The molecule has 0 unspecified atom stereocenters. The van der Waals surface area contributed by atoms with Crippen LogP contribution in [-0.2, 0) is 0 Å². The number of halogens is 1. The number of nitrogens with two attached hydrogens (primary N) is 1. The Kier molecular flexibility index (Phi) is 2.54. The fraction of sp³-hybridized carbons (Fsp3) is 0. The van der Waals surface area contributed by atoms with Gasteiger partial charge in [0, 0.05) is 26.9 Å². The van der Waals surface area contributed by atoms with Crippen LogP contribution in [0.3, 0.4) is 0 Å². The predicted molar refractivity (Wildman–Crippen MR) is 76.7 cm³/mol. The lowest BCUT2D eigenvalue weighted by molar-refractivity contribution is 1.66. The second-order valence-electron chi connectivity index (χ2n) is 3.88. The van der Waals surface area contributed by atoms with Crippen molar-refractivity contribution in [2.24, 2.45) is 0 Å². The SMILES string of the molecule is Nc1ccc(-c2csc3ccccc23)c(Cl)c1. The zero-order valence-electron chi connectivity index (χ0n) is 8.98. The van der Waals surface area contributed by atoms with E-state index in [9.17, 15) is 0 Å². The fourth-order valence-corrected chi connectivity index (χ4v) is 3.19. The van der Waals surface area contributed by atoms with E-state index in [1.807, 2.05) is 24.3 Å². The van der Waals surface area contributed by atoms with Gasteiger partial charge < -0.3 is 5.73 Å². The Morgan fingerprint density at radius 2 is 1.82 bits per heavy atom. The van der Waals surface area contributed by atoms with Crippen LogP contribution in [0.1, 0.15) is 0 Å². The number of benzene rings is 2. The maximum atomic E-state index is 6.25. The van der Waals surface area contributed by atoms with Gasteiger partial charge in [-0.15, -0.1) is 11.3 Å². The third kappa shape index (κ3) is 1.79. The van der Waals surface area contributed by atoms with E-state index in [1.165, 1.54) is 15.6 Å². The Balaban J connectivity index is 2.27. The Labute approximate surface area is 108 Å².